The Balaban J connectivity index is 1.67. The van der Waals surface area contributed by atoms with E-state index in [1.54, 1.807) is 22.9 Å². The molecule has 0 saturated carbocycles. The van der Waals surface area contributed by atoms with Gasteiger partial charge >= 0.3 is 0 Å². The van der Waals surface area contributed by atoms with Gasteiger partial charge in [-0.2, -0.15) is 0 Å². The molecular weight excluding hydrogens is 358 g/mol. The monoisotopic (exact) mass is 381 g/mol. The van der Waals surface area contributed by atoms with Crippen LogP contribution in [0.25, 0.3) is 0 Å². The molecule has 2 heterocycles. The van der Waals surface area contributed by atoms with Gasteiger partial charge in [-0.15, -0.1) is 11.8 Å². The fourth-order valence-corrected chi connectivity index (χ4v) is 3.96. The van der Waals surface area contributed by atoms with Crippen molar-refractivity contribution in [3.63, 3.8) is 0 Å². The highest BCUT2D eigenvalue weighted by Gasteiger charge is 2.17. The minimum Gasteiger partial charge on any atom is -0.361 e. The summed E-state index contributed by atoms with van der Waals surface area (Å²) >= 11 is 1.63. The summed E-state index contributed by atoms with van der Waals surface area (Å²) in [5, 5.41) is 4.00. The van der Waals surface area contributed by atoms with Crippen LogP contribution in [-0.4, -0.2) is 34.5 Å². The summed E-state index contributed by atoms with van der Waals surface area (Å²) in [6, 6.07) is 13.6. The lowest BCUT2D eigenvalue weighted by molar-refractivity contribution is 0.0793. The number of hydrogen-bond acceptors (Lipinski definition) is 5. The Morgan fingerprint density at radius 1 is 1.15 bits per heavy atom. The Kier molecular flexibility index (Phi) is 6.29. The van der Waals surface area contributed by atoms with E-state index in [4.69, 9.17) is 4.52 Å². The molecule has 0 fully saturated rings. The van der Waals surface area contributed by atoms with Crippen LogP contribution in [0.1, 0.15) is 33.1 Å². The van der Waals surface area contributed by atoms with Crippen LogP contribution in [0.4, 0.5) is 0 Å². The zero-order chi connectivity index (χ0) is 19.2. The molecule has 0 atom stereocenters. The molecule has 0 radical (unpaired) electrons. The zero-order valence-electron chi connectivity index (χ0n) is 15.8. The molecule has 1 amide bonds. The van der Waals surface area contributed by atoms with Gasteiger partial charge in [0, 0.05) is 48.1 Å². The normalized spacial score (nSPS) is 10.8. The summed E-state index contributed by atoms with van der Waals surface area (Å²) in [5.74, 6) is 1.58. The number of thioether (sulfide) groups is 1. The van der Waals surface area contributed by atoms with Gasteiger partial charge in [-0.3, -0.25) is 9.78 Å². The van der Waals surface area contributed by atoms with Crippen molar-refractivity contribution in [3.8, 4) is 0 Å². The molecule has 0 N–H and O–H groups in total. The lowest BCUT2D eigenvalue weighted by Crippen LogP contribution is -2.29. The van der Waals surface area contributed by atoms with Crippen LogP contribution < -0.4 is 0 Å². The van der Waals surface area contributed by atoms with Crippen molar-refractivity contribution < 1.29 is 9.32 Å². The predicted molar refractivity (Wildman–Crippen MR) is 107 cm³/mol. The first-order valence-electron chi connectivity index (χ1n) is 8.85. The number of nitrogens with zero attached hydrogens (tertiary/aromatic N) is 3. The third-order valence-electron chi connectivity index (χ3n) is 4.45. The molecule has 3 rings (SSSR count). The van der Waals surface area contributed by atoms with Crippen molar-refractivity contribution in [1.29, 1.82) is 0 Å². The molecule has 0 aliphatic rings. The number of aromatic nitrogens is 2. The number of rotatable bonds is 7. The van der Waals surface area contributed by atoms with Crippen LogP contribution in [0.5, 0.6) is 0 Å². The number of pyridine rings is 1. The quantitative estimate of drug-likeness (QED) is 0.571. The maximum Gasteiger partial charge on any atom is 0.254 e. The maximum absolute atomic E-state index is 12.9. The largest absolute Gasteiger partial charge is 0.361 e. The van der Waals surface area contributed by atoms with E-state index >= 15 is 0 Å². The van der Waals surface area contributed by atoms with E-state index in [1.165, 1.54) is 0 Å². The lowest BCUT2D eigenvalue weighted by atomic mass is 10.2. The van der Waals surface area contributed by atoms with Crippen molar-refractivity contribution in [1.82, 2.24) is 15.0 Å². The average molecular weight is 382 g/mol. The van der Waals surface area contributed by atoms with Gasteiger partial charge < -0.3 is 9.42 Å². The number of aryl methyl sites for hydroxylation is 2. The number of carbonyl (C=O) groups is 1. The molecule has 6 heteroatoms. The molecule has 27 heavy (non-hydrogen) atoms. The fourth-order valence-electron chi connectivity index (χ4n) is 2.76. The summed E-state index contributed by atoms with van der Waals surface area (Å²) in [4.78, 5) is 20.0. The van der Waals surface area contributed by atoms with Gasteiger partial charge in [0.25, 0.3) is 5.91 Å². The first kappa shape index (κ1) is 19.2. The second kappa shape index (κ2) is 8.86. The van der Waals surface area contributed by atoms with E-state index in [0.717, 1.165) is 45.3 Å². The number of hydrogen-bond donors (Lipinski definition) is 0. The van der Waals surface area contributed by atoms with E-state index in [1.807, 2.05) is 63.4 Å². The van der Waals surface area contributed by atoms with Gasteiger partial charge in [-0.1, -0.05) is 23.4 Å². The topological polar surface area (TPSA) is 59.2 Å². The van der Waals surface area contributed by atoms with Crippen LogP contribution in [0.15, 0.2) is 58.1 Å². The van der Waals surface area contributed by atoms with Gasteiger partial charge in [0.2, 0.25) is 0 Å². The molecule has 0 unspecified atom stereocenters. The first-order valence-corrected chi connectivity index (χ1v) is 9.83. The number of carbonyl (C=O) groups excluding carboxylic acids is 1. The summed E-state index contributed by atoms with van der Waals surface area (Å²) in [6.07, 6.45) is 2.51. The smallest absolute Gasteiger partial charge is 0.254 e. The minimum absolute atomic E-state index is 0.0211. The van der Waals surface area contributed by atoms with Crippen molar-refractivity contribution in [2.45, 2.75) is 30.9 Å². The second-order valence-electron chi connectivity index (χ2n) is 6.39. The Labute approximate surface area is 163 Å². The molecular formula is C21H23N3O2S. The maximum atomic E-state index is 12.9. The second-order valence-corrected chi connectivity index (χ2v) is 7.40. The average Bonchev–Trinajstić information content (AvgIpc) is 3.02. The molecule has 140 valence electrons. The van der Waals surface area contributed by atoms with E-state index in [9.17, 15) is 4.79 Å². The first-order chi connectivity index (χ1) is 13.1. The standard InChI is InChI=1S/C21H23N3O2S/c1-15-19(16(2)26-23-15)14-27-20-10-5-4-9-18(20)21(25)24(3)13-11-17-8-6-7-12-22-17/h4-10,12H,11,13-14H2,1-3H3. The van der Waals surface area contributed by atoms with Crippen molar-refractivity contribution >= 4 is 17.7 Å². The molecule has 0 aliphatic carbocycles. The predicted octanol–water partition coefficient (Wildman–Crippen LogP) is 4.29. The Bertz CT molecular complexity index is 889. The highest BCUT2D eigenvalue weighted by atomic mass is 32.2. The number of likely N-dealkylation sites (N-methyl/N-ethyl adjacent to an activating group) is 1. The van der Waals surface area contributed by atoms with E-state index in [2.05, 4.69) is 10.1 Å². The Hall–Kier alpha value is -2.60. The fraction of sp³-hybridized carbons (Fsp3) is 0.286. The van der Waals surface area contributed by atoms with Crippen LogP contribution in [0.3, 0.4) is 0 Å². The van der Waals surface area contributed by atoms with E-state index in [0.29, 0.717) is 6.54 Å². The molecule has 0 spiro atoms. The number of benzene rings is 1. The molecule has 0 bridgehead atoms. The molecule has 0 saturated heterocycles. The van der Waals surface area contributed by atoms with Crippen molar-refractivity contribution in [3.05, 3.63) is 76.9 Å². The lowest BCUT2D eigenvalue weighted by Gasteiger charge is -2.18. The molecule has 0 aliphatic heterocycles. The van der Waals surface area contributed by atoms with Gasteiger partial charge in [0.1, 0.15) is 5.76 Å². The van der Waals surface area contributed by atoms with Gasteiger partial charge in [0.05, 0.1) is 11.3 Å². The Morgan fingerprint density at radius 2 is 1.93 bits per heavy atom. The van der Waals surface area contributed by atoms with Gasteiger partial charge in [0.15, 0.2) is 0 Å². The summed E-state index contributed by atoms with van der Waals surface area (Å²) in [5.41, 5.74) is 3.69. The summed E-state index contributed by atoms with van der Waals surface area (Å²) in [7, 11) is 1.83. The highest BCUT2D eigenvalue weighted by molar-refractivity contribution is 7.98. The molecule has 5 nitrogen and oxygen atoms in total. The van der Waals surface area contributed by atoms with Gasteiger partial charge in [-0.25, -0.2) is 0 Å². The van der Waals surface area contributed by atoms with E-state index in [-0.39, 0.29) is 5.91 Å². The Morgan fingerprint density at radius 3 is 2.63 bits per heavy atom. The number of amides is 1. The zero-order valence-corrected chi connectivity index (χ0v) is 16.6. The third-order valence-corrected chi connectivity index (χ3v) is 5.55. The summed E-state index contributed by atoms with van der Waals surface area (Å²) in [6.45, 7) is 4.48. The highest BCUT2D eigenvalue weighted by Crippen LogP contribution is 2.29. The minimum atomic E-state index is 0.0211. The van der Waals surface area contributed by atoms with E-state index < -0.39 is 0 Å². The molecule has 3 aromatic rings. The van der Waals surface area contributed by atoms with Crippen molar-refractivity contribution in [2.24, 2.45) is 0 Å². The van der Waals surface area contributed by atoms with Crippen LogP contribution in [-0.2, 0) is 12.2 Å². The SMILES string of the molecule is Cc1noc(C)c1CSc1ccccc1C(=O)N(C)CCc1ccccn1. The third kappa shape index (κ3) is 4.77. The summed E-state index contributed by atoms with van der Waals surface area (Å²) < 4.78 is 5.23. The molecule has 1 aromatic carbocycles. The van der Waals surface area contributed by atoms with Crippen LogP contribution in [0.2, 0.25) is 0 Å². The van der Waals surface area contributed by atoms with Crippen LogP contribution >= 0.6 is 11.8 Å². The van der Waals surface area contributed by atoms with Crippen LogP contribution in [0, 0.1) is 13.8 Å². The molecule has 2 aromatic heterocycles. The van der Waals surface area contributed by atoms with Crippen molar-refractivity contribution in [2.75, 3.05) is 13.6 Å². The van der Waals surface area contributed by atoms with Gasteiger partial charge in [-0.05, 0) is 38.1 Å².